The van der Waals surface area contributed by atoms with E-state index in [1.54, 1.807) is 17.0 Å². The third-order valence-electron chi connectivity index (χ3n) is 1.45. The van der Waals surface area contributed by atoms with Crippen LogP contribution in [0.2, 0.25) is 0 Å². The van der Waals surface area contributed by atoms with E-state index in [1.807, 2.05) is 0 Å². The highest BCUT2D eigenvalue weighted by molar-refractivity contribution is 5.85. The average Bonchev–Trinajstić information content (AvgIpc) is 2.06. The Labute approximate surface area is 62.6 Å². The van der Waals surface area contributed by atoms with Gasteiger partial charge in [-0.15, -0.1) is 0 Å². The van der Waals surface area contributed by atoms with Gasteiger partial charge in [0, 0.05) is 0 Å². The first-order valence-corrected chi connectivity index (χ1v) is 3.15. The number of carbonyl (C=O) groups is 1. The molecule has 11 heavy (non-hydrogen) atoms. The molecule has 1 N–H and O–H groups in total. The Balaban J connectivity index is 2.52. The molecule has 0 amide bonds. The Hall–Kier alpha value is -1.49. The average molecular weight is 152 g/mol. The van der Waals surface area contributed by atoms with Crippen molar-refractivity contribution in [1.82, 2.24) is 10.5 Å². The molecule has 0 saturated heterocycles. The van der Waals surface area contributed by atoms with Crippen molar-refractivity contribution in [2.45, 2.75) is 6.67 Å². The minimum Gasteiger partial charge on any atom is -0.356 e. The Kier molecular flexibility index (Phi) is 1.29. The first kappa shape index (κ1) is 6.23. The molecular formula is C6H6N3O2+. The van der Waals surface area contributed by atoms with Gasteiger partial charge in [-0.25, -0.2) is 4.79 Å². The van der Waals surface area contributed by atoms with E-state index < -0.39 is 5.97 Å². The zero-order valence-corrected chi connectivity index (χ0v) is 5.65. The molecule has 0 radical (unpaired) electrons. The molecule has 1 aromatic rings. The van der Waals surface area contributed by atoms with Crippen LogP contribution < -0.4 is 10.0 Å². The maximum atomic E-state index is 10.9. The highest BCUT2D eigenvalue weighted by atomic mass is 16.7. The molecule has 1 aliphatic rings. The summed E-state index contributed by atoms with van der Waals surface area (Å²) in [7, 11) is 0. The van der Waals surface area contributed by atoms with Crippen LogP contribution in [0, 0.1) is 0 Å². The highest BCUT2D eigenvalue weighted by Crippen LogP contribution is 1.94. The van der Waals surface area contributed by atoms with Crippen LogP contribution in [0.25, 0.3) is 0 Å². The Morgan fingerprint density at radius 2 is 2.64 bits per heavy atom. The van der Waals surface area contributed by atoms with Crippen molar-refractivity contribution in [1.29, 1.82) is 0 Å². The van der Waals surface area contributed by atoms with Gasteiger partial charge in [-0.1, -0.05) is 5.48 Å². The fourth-order valence-electron chi connectivity index (χ4n) is 0.915. The number of nitrogens with one attached hydrogen (secondary N) is 1. The van der Waals surface area contributed by atoms with Gasteiger partial charge in [-0.05, 0) is 0 Å². The van der Waals surface area contributed by atoms with Gasteiger partial charge >= 0.3 is 11.7 Å². The summed E-state index contributed by atoms with van der Waals surface area (Å²) in [4.78, 5) is 19.3. The van der Waals surface area contributed by atoms with Gasteiger partial charge in [-0.2, -0.15) is 4.57 Å². The first-order valence-electron chi connectivity index (χ1n) is 3.15. The molecular weight excluding hydrogens is 146 g/mol. The maximum absolute atomic E-state index is 10.9. The summed E-state index contributed by atoms with van der Waals surface area (Å²) in [6.07, 6.45) is 4.80. The lowest BCUT2D eigenvalue weighted by Crippen LogP contribution is -2.51. The third-order valence-corrected chi connectivity index (χ3v) is 1.45. The van der Waals surface area contributed by atoms with Crippen molar-refractivity contribution in [3.63, 3.8) is 0 Å². The topological polar surface area (TPSA) is 55.1 Å². The van der Waals surface area contributed by atoms with Gasteiger partial charge in [0.25, 0.3) is 0 Å². The van der Waals surface area contributed by atoms with E-state index in [-0.39, 0.29) is 0 Å². The van der Waals surface area contributed by atoms with Crippen molar-refractivity contribution < 1.29 is 14.2 Å². The second-order valence-corrected chi connectivity index (χ2v) is 2.12. The van der Waals surface area contributed by atoms with E-state index in [4.69, 9.17) is 0 Å². The highest BCUT2D eigenvalue weighted by Gasteiger charge is 2.25. The van der Waals surface area contributed by atoms with Crippen LogP contribution >= 0.6 is 0 Å². The van der Waals surface area contributed by atoms with Crippen LogP contribution in [0.15, 0.2) is 18.6 Å². The molecule has 0 aromatic carbocycles. The molecule has 0 fully saturated rings. The quantitative estimate of drug-likeness (QED) is 0.484. The van der Waals surface area contributed by atoms with E-state index in [9.17, 15) is 4.79 Å². The summed E-state index contributed by atoms with van der Waals surface area (Å²) in [5, 5.41) is 0. The van der Waals surface area contributed by atoms with Crippen LogP contribution in [-0.2, 0) is 11.5 Å². The summed E-state index contributed by atoms with van der Waals surface area (Å²) < 4.78 is 1.72. The van der Waals surface area contributed by atoms with Crippen LogP contribution in [0.1, 0.15) is 10.5 Å². The number of hydrogen-bond donors (Lipinski definition) is 1. The molecule has 2 heterocycles. The Morgan fingerprint density at radius 1 is 1.73 bits per heavy atom. The number of hydroxylamine groups is 1. The SMILES string of the molecule is O=C1ONC[n+]2ccncc21. The number of carbonyl (C=O) groups excluding carboxylic acids is 1. The predicted molar refractivity (Wildman–Crippen MR) is 33.0 cm³/mol. The molecule has 0 atom stereocenters. The van der Waals surface area contributed by atoms with Crippen LogP contribution in [-0.4, -0.2) is 11.0 Å². The molecule has 0 saturated carbocycles. The molecule has 0 aliphatic carbocycles. The summed E-state index contributed by atoms with van der Waals surface area (Å²) in [5.74, 6) is -0.399. The Bertz CT molecular complexity index is 300. The predicted octanol–water partition coefficient (Wildman–Crippen LogP) is -0.998. The van der Waals surface area contributed by atoms with Crippen LogP contribution in [0.3, 0.4) is 0 Å². The molecule has 0 unspecified atom stereocenters. The van der Waals surface area contributed by atoms with Crippen LogP contribution in [0.4, 0.5) is 0 Å². The summed E-state index contributed by atoms with van der Waals surface area (Å²) in [6, 6.07) is 0. The van der Waals surface area contributed by atoms with Gasteiger partial charge in [0.05, 0.1) is 6.20 Å². The van der Waals surface area contributed by atoms with E-state index in [2.05, 4.69) is 15.3 Å². The number of rotatable bonds is 0. The fraction of sp³-hybridized carbons (Fsp3) is 0.167. The minimum atomic E-state index is -0.399. The monoisotopic (exact) mass is 152 g/mol. The van der Waals surface area contributed by atoms with E-state index in [1.165, 1.54) is 6.20 Å². The smallest absolute Gasteiger partial charge is 0.356 e. The van der Waals surface area contributed by atoms with Crippen molar-refractivity contribution in [2.24, 2.45) is 0 Å². The van der Waals surface area contributed by atoms with Gasteiger partial charge in [0.15, 0.2) is 6.20 Å². The van der Waals surface area contributed by atoms with E-state index >= 15 is 0 Å². The summed E-state index contributed by atoms with van der Waals surface area (Å²) in [5.41, 5.74) is 2.94. The molecule has 5 nitrogen and oxygen atoms in total. The molecule has 0 bridgehead atoms. The number of aromatic nitrogens is 2. The second kappa shape index (κ2) is 2.28. The molecule has 5 heteroatoms. The van der Waals surface area contributed by atoms with Gasteiger partial charge < -0.3 is 4.84 Å². The van der Waals surface area contributed by atoms with E-state index in [0.717, 1.165) is 0 Å². The molecule has 2 rings (SSSR count). The largest absolute Gasteiger partial charge is 0.424 e. The summed E-state index contributed by atoms with van der Waals surface area (Å²) in [6.45, 7) is 0.476. The zero-order chi connectivity index (χ0) is 7.68. The number of fused-ring (bicyclic) bond motifs is 1. The molecule has 1 aliphatic heterocycles. The number of nitrogens with zero attached hydrogens (tertiary/aromatic N) is 2. The van der Waals surface area contributed by atoms with Crippen molar-refractivity contribution in [2.75, 3.05) is 0 Å². The molecule has 1 aromatic heterocycles. The lowest BCUT2D eigenvalue weighted by Gasteiger charge is -2.08. The first-order chi connectivity index (χ1) is 5.38. The second-order valence-electron chi connectivity index (χ2n) is 2.12. The Morgan fingerprint density at radius 3 is 3.45 bits per heavy atom. The van der Waals surface area contributed by atoms with Crippen LogP contribution in [0.5, 0.6) is 0 Å². The maximum Gasteiger partial charge on any atom is 0.424 e. The molecule has 0 spiro atoms. The van der Waals surface area contributed by atoms with Crippen molar-refractivity contribution >= 4 is 5.97 Å². The van der Waals surface area contributed by atoms with Gasteiger partial charge in [-0.3, -0.25) is 4.98 Å². The normalized spacial score (nSPS) is 15.5. The van der Waals surface area contributed by atoms with Gasteiger partial charge in [0.1, 0.15) is 6.20 Å². The lowest BCUT2D eigenvalue weighted by atomic mass is 10.4. The zero-order valence-electron chi connectivity index (χ0n) is 5.65. The fourth-order valence-corrected chi connectivity index (χ4v) is 0.915. The number of hydrogen-bond acceptors (Lipinski definition) is 4. The van der Waals surface area contributed by atoms with Crippen molar-refractivity contribution in [3.8, 4) is 0 Å². The van der Waals surface area contributed by atoms with Gasteiger partial charge in [0.2, 0.25) is 6.67 Å². The standard InChI is InChI=1S/C6H6N3O2/c10-6-5-3-7-1-2-9(5)4-8-11-6/h1-3,8H,4H2/q+1. The lowest BCUT2D eigenvalue weighted by molar-refractivity contribution is -0.716. The molecule has 56 valence electrons. The third kappa shape index (κ3) is 0.947. The van der Waals surface area contributed by atoms with E-state index in [0.29, 0.717) is 12.4 Å². The van der Waals surface area contributed by atoms with Crippen molar-refractivity contribution in [3.05, 3.63) is 24.3 Å². The minimum absolute atomic E-state index is 0.399. The summed E-state index contributed by atoms with van der Waals surface area (Å²) >= 11 is 0.